The van der Waals surface area contributed by atoms with Gasteiger partial charge in [-0.05, 0) is 13.0 Å². The summed E-state index contributed by atoms with van der Waals surface area (Å²) in [6.07, 6.45) is -2.71. The van der Waals surface area contributed by atoms with Gasteiger partial charge in [-0.3, -0.25) is 10.1 Å². The van der Waals surface area contributed by atoms with E-state index in [4.69, 9.17) is 5.73 Å². The molecule has 94 valence electrons. The van der Waals surface area contributed by atoms with E-state index in [2.05, 4.69) is 0 Å². The monoisotopic (exact) mass is 244 g/mol. The van der Waals surface area contributed by atoms with Crippen LogP contribution in [0.1, 0.15) is 18.1 Å². The Labute approximate surface area is 96.6 Å². The molecule has 1 aromatic rings. The van der Waals surface area contributed by atoms with E-state index in [-0.39, 0.29) is 18.5 Å². The zero-order valence-electron chi connectivity index (χ0n) is 8.91. The van der Waals surface area contributed by atoms with Gasteiger partial charge in [0.15, 0.2) is 0 Å². The van der Waals surface area contributed by atoms with Crippen LogP contribution < -0.4 is 5.73 Å². The molecular weight excluding hydrogens is 231 g/mol. The fourth-order valence-electron chi connectivity index (χ4n) is 1.44. The molecule has 2 unspecified atom stereocenters. The number of nitro groups is 1. The smallest absolute Gasteiger partial charge is 0.305 e. The van der Waals surface area contributed by atoms with Crippen LogP contribution in [0, 0.1) is 15.9 Å². The van der Waals surface area contributed by atoms with Gasteiger partial charge in [-0.2, -0.15) is 4.39 Å². The van der Waals surface area contributed by atoms with Crippen molar-refractivity contribution in [3.8, 4) is 0 Å². The highest BCUT2D eigenvalue weighted by molar-refractivity contribution is 5.38. The highest BCUT2D eigenvalue weighted by Crippen LogP contribution is 2.27. The Hall–Kier alpha value is -1.57. The van der Waals surface area contributed by atoms with Gasteiger partial charge < -0.3 is 15.9 Å². The molecule has 0 radical (unpaired) electrons. The Morgan fingerprint density at radius 3 is 2.65 bits per heavy atom. The number of aliphatic hydroxyl groups excluding tert-OH is 2. The lowest BCUT2D eigenvalue weighted by molar-refractivity contribution is -0.387. The molecule has 0 amide bonds. The number of rotatable bonds is 5. The lowest BCUT2D eigenvalue weighted by atomic mass is 10.0. The molecule has 2 atom stereocenters. The average molecular weight is 244 g/mol. The Morgan fingerprint density at radius 1 is 1.47 bits per heavy atom. The fraction of sp³-hybridized carbons (Fsp3) is 0.400. The molecule has 0 saturated carbocycles. The van der Waals surface area contributed by atoms with Crippen LogP contribution in [0.5, 0.6) is 0 Å². The van der Waals surface area contributed by atoms with Gasteiger partial charge in [0.25, 0.3) is 0 Å². The number of nitrogens with zero attached hydrogens (tertiary/aromatic N) is 1. The number of halogens is 1. The van der Waals surface area contributed by atoms with Crippen LogP contribution in [-0.2, 0) is 0 Å². The molecule has 1 aromatic carbocycles. The van der Waals surface area contributed by atoms with Gasteiger partial charge in [0.05, 0.1) is 11.0 Å². The van der Waals surface area contributed by atoms with Crippen molar-refractivity contribution in [1.29, 1.82) is 0 Å². The predicted molar refractivity (Wildman–Crippen MR) is 57.7 cm³/mol. The van der Waals surface area contributed by atoms with E-state index in [1.165, 1.54) is 12.1 Å². The third-order valence-corrected chi connectivity index (χ3v) is 2.35. The van der Waals surface area contributed by atoms with Crippen LogP contribution in [0.4, 0.5) is 10.1 Å². The maximum atomic E-state index is 13.6. The summed E-state index contributed by atoms with van der Waals surface area (Å²) in [5.74, 6) is -1.14. The van der Waals surface area contributed by atoms with Gasteiger partial charge in [0.1, 0.15) is 6.10 Å². The molecule has 1 rings (SSSR count). The molecule has 0 aliphatic heterocycles. The molecule has 4 N–H and O–H groups in total. The van der Waals surface area contributed by atoms with Crippen LogP contribution in [0.25, 0.3) is 0 Å². The second-order valence-electron chi connectivity index (χ2n) is 3.53. The second kappa shape index (κ2) is 5.67. The van der Waals surface area contributed by atoms with E-state index in [0.717, 1.165) is 6.07 Å². The first-order valence-corrected chi connectivity index (χ1v) is 4.98. The van der Waals surface area contributed by atoms with Crippen LogP contribution >= 0.6 is 0 Å². The fourth-order valence-corrected chi connectivity index (χ4v) is 1.44. The van der Waals surface area contributed by atoms with Crippen LogP contribution in [0.2, 0.25) is 0 Å². The molecule has 0 spiro atoms. The van der Waals surface area contributed by atoms with Crippen molar-refractivity contribution < 1.29 is 19.5 Å². The lowest BCUT2D eigenvalue weighted by Crippen LogP contribution is -2.22. The van der Waals surface area contributed by atoms with Gasteiger partial charge in [0, 0.05) is 11.6 Å². The minimum absolute atomic E-state index is 0.0727. The summed E-state index contributed by atoms with van der Waals surface area (Å²) in [5.41, 5.74) is 4.15. The Bertz CT molecular complexity index is 413. The normalized spacial score (nSPS) is 14.4. The van der Waals surface area contributed by atoms with Crippen LogP contribution in [-0.4, -0.2) is 27.8 Å². The van der Waals surface area contributed by atoms with Crippen molar-refractivity contribution in [2.75, 3.05) is 6.54 Å². The maximum absolute atomic E-state index is 13.6. The summed E-state index contributed by atoms with van der Waals surface area (Å²) in [6, 6.07) is 3.42. The zero-order chi connectivity index (χ0) is 13.0. The van der Waals surface area contributed by atoms with Gasteiger partial charge in [0.2, 0.25) is 5.82 Å². The lowest BCUT2D eigenvalue weighted by Gasteiger charge is -2.17. The zero-order valence-corrected chi connectivity index (χ0v) is 8.91. The van der Waals surface area contributed by atoms with Crippen molar-refractivity contribution in [2.45, 2.75) is 18.6 Å². The Kier molecular flexibility index (Phi) is 4.50. The van der Waals surface area contributed by atoms with Crippen molar-refractivity contribution in [2.24, 2.45) is 5.73 Å². The minimum atomic E-state index is -1.53. The minimum Gasteiger partial charge on any atom is -0.390 e. The molecule has 17 heavy (non-hydrogen) atoms. The molecule has 0 aliphatic rings. The molecule has 0 aliphatic carbocycles. The summed E-state index contributed by atoms with van der Waals surface area (Å²) in [6.45, 7) is 0.120. The van der Waals surface area contributed by atoms with Gasteiger partial charge in [-0.1, -0.05) is 12.1 Å². The first kappa shape index (κ1) is 13.5. The highest BCUT2D eigenvalue weighted by Gasteiger charge is 2.25. The number of aliphatic hydroxyl groups is 2. The third-order valence-electron chi connectivity index (χ3n) is 2.35. The van der Waals surface area contributed by atoms with Crippen LogP contribution in [0.15, 0.2) is 18.2 Å². The number of hydrogen-bond acceptors (Lipinski definition) is 5. The van der Waals surface area contributed by atoms with Crippen LogP contribution in [0.3, 0.4) is 0 Å². The first-order valence-electron chi connectivity index (χ1n) is 4.98. The van der Waals surface area contributed by atoms with Crippen molar-refractivity contribution in [1.82, 2.24) is 0 Å². The van der Waals surface area contributed by atoms with E-state index in [1.807, 2.05) is 0 Å². The first-order chi connectivity index (χ1) is 7.99. The molecule has 0 heterocycles. The van der Waals surface area contributed by atoms with E-state index < -0.39 is 28.6 Å². The van der Waals surface area contributed by atoms with E-state index in [1.54, 1.807) is 0 Å². The molecule has 0 saturated heterocycles. The molecule has 0 fully saturated rings. The number of hydrogen-bond donors (Lipinski definition) is 3. The summed E-state index contributed by atoms with van der Waals surface area (Å²) in [5, 5.41) is 29.6. The SMILES string of the molecule is NCCC(O)C(O)c1cccc([N+](=O)[O-])c1F. The predicted octanol–water partition coefficient (Wildman–Crippen LogP) is 0.477. The average Bonchev–Trinajstić information content (AvgIpc) is 2.28. The van der Waals surface area contributed by atoms with Gasteiger partial charge in [-0.15, -0.1) is 0 Å². The molecule has 0 aromatic heterocycles. The molecule has 7 heteroatoms. The summed E-state index contributed by atoms with van der Waals surface area (Å²) < 4.78 is 13.6. The highest BCUT2D eigenvalue weighted by atomic mass is 19.1. The summed E-state index contributed by atoms with van der Waals surface area (Å²) in [4.78, 5) is 9.61. The number of nitrogens with two attached hydrogens (primary N) is 1. The van der Waals surface area contributed by atoms with Crippen molar-refractivity contribution >= 4 is 5.69 Å². The molecule has 6 nitrogen and oxygen atoms in total. The second-order valence-corrected chi connectivity index (χ2v) is 3.53. The Balaban J connectivity index is 3.06. The maximum Gasteiger partial charge on any atom is 0.305 e. The largest absolute Gasteiger partial charge is 0.390 e. The number of nitro benzene ring substituents is 1. The van der Waals surface area contributed by atoms with E-state index in [0.29, 0.717) is 0 Å². The van der Waals surface area contributed by atoms with E-state index in [9.17, 15) is 24.7 Å². The van der Waals surface area contributed by atoms with Crippen molar-refractivity contribution in [3.63, 3.8) is 0 Å². The summed E-state index contributed by atoms with van der Waals surface area (Å²) >= 11 is 0. The van der Waals surface area contributed by atoms with Gasteiger partial charge in [-0.25, -0.2) is 0 Å². The van der Waals surface area contributed by atoms with E-state index >= 15 is 0 Å². The Morgan fingerprint density at radius 2 is 2.12 bits per heavy atom. The standard InChI is InChI=1S/C10H13FN2O4/c11-9-6(10(15)8(14)4-5-12)2-1-3-7(9)13(16)17/h1-3,8,10,14-15H,4-5,12H2. The third kappa shape index (κ3) is 2.96. The van der Waals surface area contributed by atoms with Crippen molar-refractivity contribution in [3.05, 3.63) is 39.7 Å². The molecule has 0 bridgehead atoms. The quantitative estimate of drug-likeness (QED) is 0.515. The molecular formula is C10H13FN2O4. The summed E-state index contributed by atoms with van der Waals surface area (Å²) in [7, 11) is 0. The van der Waals surface area contributed by atoms with Gasteiger partial charge >= 0.3 is 5.69 Å². The topological polar surface area (TPSA) is 110 Å². The number of benzene rings is 1.